The predicted octanol–water partition coefficient (Wildman–Crippen LogP) is 1.82. The number of carbonyl (C=O) groups excluding carboxylic acids is 1. The van der Waals surface area contributed by atoms with Gasteiger partial charge in [-0.15, -0.1) is 5.10 Å². The lowest BCUT2D eigenvalue weighted by atomic mass is 9.81. The molecule has 0 aromatic carbocycles. The maximum Gasteiger partial charge on any atom is 0.265 e. The van der Waals surface area contributed by atoms with E-state index in [9.17, 15) is 4.79 Å². The van der Waals surface area contributed by atoms with Gasteiger partial charge in [-0.25, -0.2) is 0 Å². The van der Waals surface area contributed by atoms with Gasteiger partial charge in [0.05, 0.1) is 16.2 Å². The van der Waals surface area contributed by atoms with Crippen molar-refractivity contribution in [1.29, 1.82) is 0 Å². The Morgan fingerprint density at radius 1 is 1.47 bits per heavy atom. The summed E-state index contributed by atoms with van der Waals surface area (Å²) in [6, 6.07) is 0. The van der Waals surface area contributed by atoms with Crippen molar-refractivity contribution in [2.24, 2.45) is 5.73 Å². The minimum Gasteiger partial charge on any atom is -0.391 e. The molecule has 104 valence electrons. The monoisotopic (exact) mass is 298 g/mol. The van der Waals surface area contributed by atoms with Crippen LogP contribution < -0.4 is 11.1 Å². The summed E-state index contributed by atoms with van der Waals surface area (Å²) < 4.78 is 3.84. The van der Waals surface area contributed by atoms with Gasteiger partial charge in [0.25, 0.3) is 5.91 Å². The number of carbonyl (C=O) groups is 1. The number of hydrogen-bond donors (Lipinski definition) is 2. The molecule has 1 aromatic rings. The summed E-state index contributed by atoms with van der Waals surface area (Å²) >= 11 is 6.30. The van der Waals surface area contributed by atoms with Crippen LogP contribution >= 0.6 is 23.8 Å². The highest BCUT2D eigenvalue weighted by Gasteiger charge is 2.37. The zero-order valence-electron chi connectivity index (χ0n) is 10.9. The first-order chi connectivity index (χ1) is 9.09. The summed E-state index contributed by atoms with van der Waals surface area (Å²) in [6.07, 6.45) is 5.59. The van der Waals surface area contributed by atoms with Crippen LogP contribution in [0.1, 0.15) is 54.4 Å². The Morgan fingerprint density at radius 2 is 2.16 bits per heavy atom. The van der Waals surface area contributed by atoms with E-state index in [1.165, 1.54) is 6.42 Å². The third-order valence-electron chi connectivity index (χ3n) is 3.63. The van der Waals surface area contributed by atoms with Crippen molar-refractivity contribution in [3.63, 3.8) is 0 Å². The first-order valence-corrected chi connectivity index (χ1v) is 7.71. The molecular formula is C12H18N4OS2. The second-order valence-corrected chi connectivity index (χ2v) is 6.06. The molecule has 1 aliphatic rings. The van der Waals surface area contributed by atoms with Crippen LogP contribution in [0.5, 0.6) is 0 Å². The lowest BCUT2D eigenvalue weighted by molar-refractivity contribution is 0.0911. The van der Waals surface area contributed by atoms with Crippen molar-refractivity contribution in [3.8, 4) is 0 Å². The van der Waals surface area contributed by atoms with Gasteiger partial charge in [-0.2, -0.15) is 0 Å². The third-order valence-corrected chi connectivity index (χ3v) is 4.79. The van der Waals surface area contributed by atoms with Crippen molar-refractivity contribution in [2.45, 2.75) is 51.0 Å². The molecular weight excluding hydrogens is 280 g/mol. The Morgan fingerprint density at radius 3 is 2.74 bits per heavy atom. The Balaban J connectivity index is 2.18. The van der Waals surface area contributed by atoms with Crippen LogP contribution in [0.15, 0.2) is 0 Å². The van der Waals surface area contributed by atoms with Gasteiger partial charge in [0, 0.05) is 0 Å². The Kier molecular flexibility index (Phi) is 4.46. The fourth-order valence-electron chi connectivity index (χ4n) is 2.47. The number of nitrogens with two attached hydrogens (primary N) is 1. The molecule has 0 spiro atoms. The Hall–Kier alpha value is -1.08. The van der Waals surface area contributed by atoms with Crippen LogP contribution in [0, 0.1) is 0 Å². The van der Waals surface area contributed by atoms with E-state index >= 15 is 0 Å². The van der Waals surface area contributed by atoms with Crippen LogP contribution in [0.25, 0.3) is 0 Å². The molecule has 1 amide bonds. The van der Waals surface area contributed by atoms with Gasteiger partial charge in [-0.05, 0) is 30.8 Å². The molecule has 3 N–H and O–H groups in total. The first kappa shape index (κ1) is 14.3. The Bertz CT molecular complexity index is 480. The summed E-state index contributed by atoms with van der Waals surface area (Å²) in [5, 5.41) is 6.99. The molecule has 1 heterocycles. The summed E-state index contributed by atoms with van der Waals surface area (Å²) in [4.78, 5) is 13.3. The molecule has 1 aromatic heterocycles. The normalized spacial score (nSPS) is 17.9. The number of nitrogens with one attached hydrogen (secondary N) is 1. The van der Waals surface area contributed by atoms with Crippen molar-refractivity contribution in [2.75, 3.05) is 0 Å². The smallest absolute Gasteiger partial charge is 0.265 e. The topological polar surface area (TPSA) is 80.9 Å². The fraction of sp³-hybridized carbons (Fsp3) is 0.667. The summed E-state index contributed by atoms with van der Waals surface area (Å²) in [5.74, 6) is -0.151. The van der Waals surface area contributed by atoms with Crippen LogP contribution in [-0.4, -0.2) is 26.0 Å². The van der Waals surface area contributed by atoms with E-state index in [0.717, 1.165) is 42.9 Å². The minimum atomic E-state index is -0.528. The van der Waals surface area contributed by atoms with E-state index in [1.54, 1.807) is 0 Å². The van der Waals surface area contributed by atoms with E-state index in [4.69, 9.17) is 18.0 Å². The van der Waals surface area contributed by atoms with E-state index in [-0.39, 0.29) is 5.91 Å². The van der Waals surface area contributed by atoms with Gasteiger partial charge in [0.15, 0.2) is 0 Å². The number of rotatable bonds is 4. The van der Waals surface area contributed by atoms with Gasteiger partial charge < -0.3 is 11.1 Å². The van der Waals surface area contributed by atoms with Gasteiger partial charge >= 0.3 is 0 Å². The number of hydrogen-bond acceptors (Lipinski definition) is 5. The fourth-order valence-corrected chi connectivity index (χ4v) is 3.38. The second kappa shape index (κ2) is 5.92. The predicted molar refractivity (Wildman–Crippen MR) is 79.4 cm³/mol. The number of amides is 1. The average molecular weight is 298 g/mol. The lowest BCUT2D eigenvalue weighted by Gasteiger charge is -2.37. The van der Waals surface area contributed by atoms with Crippen molar-refractivity contribution >= 4 is 34.6 Å². The van der Waals surface area contributed by atoms with Crippen LogP contribution in [0.3, 0.4) is 0 Å². The Labute approximate surface area is 122 Å². The van der Waals surface area contributed by atoms with E-state index in [2.05, 4.69) is 14.9 Å². The molecule has 5 nitrogen and oxygen atoms in total. The molecule has 0 saturated heterocycles. The van der Waals surface area contributed by atoms with Crippen LogP contribution in [0.2, 0.25) is 0 Å². The van der Waals surface area contributed by atoms with Gasteiger partial charge in [0.2, 0.25) is 0 Å². The van der Waals surface area contributed by atoms with E-state index in [0.29, 0.717) is 16.3 Å². The molecule has 1 aliphatic carbocycles. The van der Waals surface area contributed by atoms with Gasteiger partial charge in [-0.3, -0.25) is 4.79 Å². The molecule has 0 bridgehead atoms. The van der Waals surface area contributed by atoms with Crippen molar-refractivity contribution in [1.82, 2.24) is 14.9 Å². The third kappa shape index (κ3) is 2.92. The lowest BCUT2D eigenvalue weighted by Crippen LogP contribution is -2.57. The highest BCUT2D eigenvalue weighted by molar-refractivity contribution is 7.80. The summed E-state index contributed by atoms with van der Waals surface area (Å²) in [5.41, 5.74) is 6.07. The van der Waals surface area contributed by atoms with Gasteiger partial charge in [-0.1, -0.05) is 42.9 Å². The maximum atomic E-state index is 12.4. The van der Waals surface area contributed by atoms with Crippen LogP contribution in [-0.2, 0) is 6.42 Å². The number of aryl methyl sites for hydroxylation is 1. The standard InChI is InChI=1S/C12H18N4OS2/c1-2-8-9(19-16-15-8)10(17)14-12(11(13)18)6-4-3-5-7-12/h2-7H2,1H3,(H2,13,18)(H,14,17). The molecule has 7 heteroatoms. The highest BCUT2D eigenvalue weighted by atomic mass is 32.1. The molecule has 1 fully saturated rings. The van der Waals surface area contributed by atoms with Crippen molar-refractivity contribution in [3.05, 3.63) is 10.6 Å². The molecule has 0 unspecified atom stereocenters. The largest absolute Gasteiger partial charge is 0.391 e. The summed E-state index contributed by atoms with van der Waals surface area (Å²) in [7, 11) is 0. The molecule has 2 rings (SSSR count). The number of nitrogens with zero attached hydrogens (tertiary/aromatic N) is 2. The molecule has 0 atom stereocenters. The van der Waals surface area contributed by atoms with E-state index in [1.807, 2.05) is 6.92 Å². The second-order valence-electron chi connectivity index (χ2n) is 4.86. The zero-order chi connectivity index (χ0) is 13.9. The minimum absolute atomic E-state index is 0.151. The van der Waals surface area contributed by atoms with E-state index < -0.39 is 5.54 Å². The zero-order valence-corrected chi connectivity index (χ0v) is 12.6. The molecule has 1 saturated carbocycles. The molecule has 0 radical (unpaired) electrons. The van der Waals surface area contributed by atoms with Crippen molar-refractivity contribution < 1.29 is 4.79 Å². The SMILES string of the molecule is CCc1nnsc1C(=O)NC1(C(N)=S)CCCCC1. The number of aromatic nitrogens is 2. The number of thiocarbonyl (C=S) groups is 1. The molecule has 19 heavy (non-hydrogen) atoms. The molecule has 0 aliphatic heterocycles. The van der Waals surface area contributed by atoms with Gasteiger partial charge in [0.1, 0.15) is 4.88 Å². The average Bonchev–Trinajstić information content (AvgIpc) is 2.88. The highest BCUT2D eigenvalue weighted by Crippen LogP contribution is 2.29. The summed E-state index contributed by atoms with van der Waals surface area (Å²) in [6.45, 7) is 1.96. The quantitative estimate of drug-likeness (QED) is 0.829. The van der Waals surface area contributed by atoms with Crippen LogP contribution in [0.4, 0.5) is 0 Å². The first-order valence-electron chi connectivity index (χ1n) is 6.52. The maximum absolute atomic E-state index is 12.4.